The van der Waals surface area contributed by atoms with E-state index in [9.17, 15) is 14.3 Å². The minimum atomic E-state index is -1.12. The van der Waals surface area contributed by atoms with Crippen molar-refractivity contribution in [1.82, 2.24) is 15.3 Å². The van der Waals surface area contributed by atoms with Gasteiger partial charge in [-0.25, -0.2) is 9.18 Å². The average Bonchev–Trinajstić information content (AvgIpc) is 2.92. The summed E-state index contributed by atoms with van der Waals surface area (Å²) in [5, 5.41) is 13.9. The lowest BCUT2D eigenvalue weighted by Gasteiger charge is -2.26. The van der Waals surface area contributed by atoms with Gasteiger partial charge in [0.25, 0.3) is 0 Å². The zero-order chi connectivity index (χ0) is 17.3. The Bertz CT molecular complexity index is 897. The van der Waals surface area contributed by atoms with Crippen LogP contribution in [0.4, 0.5) is 4.39 Å². The van der Waals surface area contributed by atoms with Crippen LogP contribution >= 0.6 is 0 Å². The van der Waals surface area contributed by atoms with Crippen molar-refractivity contribution in [1.29, 1.82) is 0 Å². The van der Waals surface area contributed by atoms with Gasteiger partial charge in [0.1, 0.15) is 5.82 Å². The predicted molar refractivity (Wildman–Crippen MR) is 91.3 cm³/mol. The van der Waals surface area contributed by atoms with E-state index >= 15 is 0 Å². The maximum Gasteiger partial charge on any atom is 0.323 e. The van der Waals surface area contributed by atoms with Crippen molar-refractivity contribution in [3.05, 3.63) is 69.9 Å². The van der Waals surface area contributed by atoms with E-state index in [4.69, 9.17) is 0 Å². The van der Waals surface area contributed by atoms with Gasteiger partial charge in [-0.3, -0.25) is 0 Å². The molecular weight excluding hydrogens is 309 g/mol. The molecule has 0 aliphatic rings. The number of imidazole rings is 1. The van der Waals surface area contributed by atoms with Crippen molar-refractivity contribution in [2.75, 3.05) is 6.54 Å². The molecule has 0 aliphatic heterocycles. The first-order valence-electron chi connectivity index (χ1n) is 7.79. The van der Waals surface area contributed by atoms with Crippen LogP contribution in [-0.2, 0) is 5.60 Å². The number of nitrogens with one attached hydrogen (secondary N) is 3. The van der Waals surface area contributed by atoms with Crippen molar-refractivity contribution < 1.29 is 9.50 Å². The number of hydrogen-bond acceptors (Lipinski definition) is 3. The molecule has 3 aromatic rings. The van der Waals surface area contributed by atoms with Gasteiger partial charge in [0.15, 0.2) is 0 Å². The Kier molecular flexibility index (Phi) is 4.26. The highest BCUT2D eigenvalue weighted by Gasteiger charge is 2.23. The van der Waals surface area contributed by atoms with Gasteiger partial charge in [-0.2, -0.15) is 0 Å². The molecule has 5 nitrogen and oxygen atoms in total. The summed E-state index contributed by atoms with van der Waals surface area (Å²) >= 11 is 0. The Hall–Kier alpha value is -2.44. The van der Waals surface area contributed by atoms with Crippen LogP contribution in [0, 0.1) is 5.82 Å². The van der Waals surface area contributed by atoms with E-state index < -0.39 is 5.60 Å². The van der Waals surface area contributed by atoms with Gasteiger partial charge in [0, 0.05) is 12.6 Å². The molecule has 0 amide bonds. The predicted octanol–water partition coefficient (Wildman–Crippen LogP) is 2.55. The summed E-state index contributed by atoms with van der Waals surface area (Å²) in [7, 11) is 0. The smallest absolute Gasteiger partial charge is 0.323 e. The minimum absolute atomic E-state index is 0.0280. The van der Waals surface area contributed by atoms with Crippen LogP contribution in [0.25, 0.3) is 11.0 Å². The quantitative estimate of drug-likeness (QED) is 0.581. The Morgan fingerprint density at radius 3 is 2.54 bits per heavy atom. The Labute approximate surface area is 138 Å². The molecule has 126 valence electrons. The zero-order valence-corrected chi connectivity index (χ0v) is 13.6. The Morgan fingerprint density at radius 1 is 1.17 bits per heavy atom. The highest BCUT2D eigenvalue weighted by molar-refractivity contribution is 5.75. The first-order valence-corrected chi connectivity index (χ1v) is 7.79. The summed E-state index contributed by atoms with van der Waals surface area (Å²) in [6.45, 7) is 3.97. The van der Waals surface area contributed by atoms with Crippen molar-refractivity contribution in [3.8, 4) is 0 Å². The SMILES string of the molecule is CC(NCC(C)(O)c1ccc(F)cc1)c1ccc2[nH]c(=O)[nH]c2c1. The van der Waals surface area contributed by atoms with Crippen LogP contribution in [0.1, 0.15) is 31.0 Å². The minimum Gasteiger partial charge on any atom is -0.384 e. The molecule has 4 N–H and O–H groups in total. The van der Waals surface area contributed by atoms with Gasteiger partial charge in [-0.05, 0) is 49.2 Å². The van der Waals surface area contributed by atoms with E-state index in [0.717, 1.165) is 16.6 Å². The highest BCUT2D eigenvalue weighted by Crippen LogP contribution is 2.22. The van der Waals surface area contributed by atoms with E-state index in [2.05, 4.69) is 15.3 Å². The number of halogens is 1. The van der Waals surface area contributed by atoms with Gasteiger partial charge in [0.05, 0.1) is 16.6 Å². The second kappa shape index (κ2) is 6.22. The van der Waals surface area contributed by atoms with E-state index in [1.807, 2.05) is 25.1 Å². The molecule has 2 unspecified atom stereocenters. The lowest BCUT2D eigenvalue weighted by Crippen LogP contribution is -2.36. The summed E-state index contributed by atoms with van der Waals surface area (Å²) in [6.07, 6.45) is 0. The van der Waals surface area contributed by atoms with Crippen LogP contribution in [-0.4, -0.2) is 21.6 Å². The summed E-state index contributed by atoms with van der Waals surface area (Å²) in [5.41, 5.74) is 1.79. The number of H-pyrrole nitrogens is 2. The molecule has 3 rings (SSSR count). The number of benzene rings is 2. The third kappa shape index (κ3) is 3.39. The fourth-order valence-electron chi connectivity index (χ4n) is 2.70. The van der Waals surface area contributed by atoms with Gasteiger partial charge >= 0.3 is 5.69 Å². The maximum absolute atomic E-state index is 13.0. The molecule has 0 radical (unpaired) electrons. The number of hydrogen-bond donors (Lipinski definition) is 4. The van der Waals surface area contributed by atoms with E-state index in [-0.39, 0.29) is 17.5 Å². The van der Waals surface area contributed by atoms with Gasteiger partial charge in [-0.1, -0.05) is 18.2 Å². The first kappa shape index (κ1) is 16.4. The zero-order valence-electron chi connectivity index (χ0n) is 13.6. The summed E-state index contributed by atoms with van der Waals surface area (Å²) in [4.78, 5) is 16.8. The van der Waals surface area contributed by atoms with E-state index in [1.54, 1.807) is 19.1 Å². The molecule has 0 spiro atoms. The highest BCUT2D eigenvalue weighted by atomic mass is 19.1. The van der Waals surface area contributed by atoms with Crippen LogP contribution in [0.3, 0.4) is 0 Å². The monoisotopic (exact) mass is 329 g/mol. The standard InChI is InChI=1S/C18H20FN3O2/c1-11(12-3-8-15-16(9-12)22-17(23)21-15)20-10-18(2,24)13-4-6-14(19)7-5-13/h3-9,11,20,24H,10H2,1-2H3,(H2,21,22,23). The molecule has 1 heterocycles. The molecule has 0 aliphatic carbocycles. The van der Waals surface area contributed by atoms with Crippen LogP contribution < -0.4 is 11.0 Å². The molecule has 0 saturated heterocycles. The van der Waals surface area contributed by atoms with Crippen LogP contribution in [0.5, 0.6) is 0 Å². The fourth-order valence-corrected chi connectivity index (χ4v) is 2.70. The Balaban J connectivity index is 1.72. The Morgan fingerprint density at radius 2 is 1.83 bits per heavy atom. The van der Waals surface area contributed by atoms with E-state index in [1.165, 1.54) is 12.1 Å². The second-order valence-corrected chi connectivity index (χ2v) is 6.27. The summed E-state index contributed by atoms with van der Waals surface area (Å²) in [6, 6.07) is 11.5. The van der Waals surface area contributed by atoms with Gasteiger partial charge in [0.2, 0.25) is 0 Å². The van der Waals surface area contributed by atoms with Crippen molar-refractivity contribution in [2.24, 2.45) is 0 Å². The molecule has 2 atom stereocenters. The van der Waals surface area contributed by atoms with Gasteiger partial charge < -0.3 is 20.4 Å². The normalized spacial score (nSPS) is 15.3. The van der Waals surface area contributed by atoms with Crippen molar-refractivity contribution in [2.45, 2.75) is 25.5 Å². The molecule has 6 heteroatoms. The number of aromatic amines is 2. The molecule has 0 saturated carbocycles. The summed E-state index contributed by atoms with van der Waals surface area (Å²) in [5.74, 6) is -0.329. The fraction of sp³-hybridized carbons (Fsp3) is 0.278. The molecule has 2 aromatic carbocycles. The third-order valence-corrected chi connectivity index (χ3v) is 4.26. The van der Waals surface area contributed by atoms with E-state index in [0.29, 0.717) is 12.1 Å². The van der Waals surface area contributed by atoms with Crippen molar-refractivity contribution in [3.63, 3.8) is 0 Å². The molecule has 0 bridgehead atoms. The first-order chi connectivity index (χ1) is 11.3. The maximum atomic E-state index is 13.0. The number of aliphatic hydroxyl groups is 1. The second-order valence-electron chi connectivity index (χ2n) is 6.27. The lowest BCUT2D eigenvalue weighted by molar-refractivity contribution is 0.0543. The number of fused-ring (bicyclic) bond motifs is 1. The topological polar surface area (TPSA) is 80.9 Å². The molecule has 0 fully saturated rings. The van der Waals surface area contributed by atoms with Crippen LogP contribution in [0.15, 0.2) is 47.3 Å². The largest absolute Gasteiger partial charge is 0.384 e. The third-order valence-electron chi connectivity index (χ3n) is 4.26. The van der Waals surface area contributed by atoms with Gasteiger partial charge in [-0.15, -0.1) is 0 Å². The molecule has 1 aromatic heterocycles. The average molecular weight is 329 g/mol. The van der Waals surface area contributed by atoms with Crippen molar-refractivity contribution >= 4 is 11.0 Å². The van der Waals surface area contributed by atoms with Crippen LogP contribution in [0.2, 0.25) is 0 Å². The lowest BCUT2D eigenvalue weighted by atomic mass is 9.95. The number of aromatic nitrogens is 2. The molecular formula is C18H20FN3O2. The number of rotatable bonds is 5. The summed E-state index contributed by atoms with van der Waals surface area (Å²) < 4.78 is 13.0. The molecule has 24 heavy (non-hydrogen) atoms.